The normalized spacial score (nSPS) is 23.0. The van der Waals surface area contributed by atoms with Gasteiger partial charge in [-0.05, 0) is 26.7 Å². The van der Waals surface area contributed by atoms with Gasteiger partial charge in [-0.15, -0.1) is 0 Å². The van der Waals surface area contributed by atoms with Crippen molar-refractivity contribution in [3.63, 3.8) is 0 Å². The molecule has 23 heavy (non-hydrogen) atoms. The summed E-state index contributed by atoms with van der Waals surface area (Å²) in [5.74, 6) is 1.23. The van der Waals surface area contributed by atoms with Gasteiger partial charge in [-0.3, -0.25) is 4.79 Å². The zero-order chi connectivity index (χ0) is 17.4. The Morgan fingerprint density at radius 2 is 1.65 bits per heavy atom. The number of carbonyl (C=O) groups is 1. The Kier molecular flexibility index (Phi) is 4.75. The lowest BCUT2D eigenvalue weighted by molar-refractivity contribution is -0.160. The smallest absolute Gasteiger partial charge is 0.314 e. The Labute approximate surface area is 136 Å². The lowest BCUT2D eigenvalue weighted by atomic mass is 9.69. The van der Waals surface area contributed by atoms with E-state index in [1.807, 2.05) is 6.92 Å². The number of aliphatic hydroxyl groups excluding tert-OH is 1. The molecule has 6 heteroatoms. The van der Waals surface area contributed by atoms with Crippen LogP contribution in [0, 0.1) is 12.3 Å². The van der Waals surface area contributed by atoms with Gasteiger partial charge < -0.3 is 24.1 Å². The van der Waals surface area contributed by atoms with E-state index in [1.54, 1.807) is 21.1 Å². The molecule has 0 radical (unpaired) electrons. The van der Waals surface area contributed by atoms with Crippen molar-refractivity contribution in [3.05, 3.63) is 16.7 Å². The second-order valence-electron chi connectivity index (χ2n) is 5.93. The zero-order valence-electron chi connectivity index (χ0n) is 14.5. The van der Waals surface area contributed by atoms with Gasteiger partial charge in [0.25, 0.3) is 0 Å². The van der Waals surface area contributed by atoms with Gasteiger partial charge in [0.15, 0.2) is 11.5 Å². The van der Waals surface area contributed by atoms with Crippen LogP contribution in [0.4, 0.5) is 0 Å². The molecular weight excluding hydrogens is 300 g/mol. The highest BCUT2D eigenvalue weighted by Crippen LogP contribution is 2.54. The van der Waals surface area contributed by atoms with Gasteiger partial charge in [-0.1, -0.05) is 0 Å². The molecule has 0 fully saturated rings. The summed E-state index contributed by atoms with van der Waals surface area (Å²) in [6.07, 6.45) is -0.0551. The summed E-state index contributed by atoms with van der Waals surface area (Å²) in [6, 6.07) is 0. The fourth-order valence-corrected chi connectivity index (χ4v) is 3.42. The van der Waals surface area contributed by atoms with E-state index in [1.165, 1.54) is 14.2 Å². The van der Waals surface area contributed by atoms with Gasteiger partial charge in [-0.2, -0.15) is 0 Å². The van der Waals surface area contributed by atoms with Gasteiger partial charge in [0.1, 0.15) is 5.75 Å². The van der Waals surface area contributed by atoms with E-state index in [2.05, 4.69) is 0 Å². The SMILES string of the molecule is COC(=O)[C@]1(C)CCc2c(OC)c(OC)c(C)c(OC)c2[C@@H]1O. The fraction of sp³-hybridized carbons (Fsp3) is 0.588. The summed E-state index contributed by atoms with van der Waals surface area (Å²) in [4.78, 5) is 12.2. The second kappa shape index (κ2) is 6.28. The molecule has 0 saturated heterocycles. The summed E-state index contributed by atoms with van der Waals surface area (Å²) < 4.78 is 21.4. The second-order valence-corrected chi connectivity index (χ2v) is 5.93. The van der Waals surface area contributed by atoms with Crippen molar-refractivity contribution in [2.24, 2.45) is 5.41 Å². The molecule has 0 aliphatic heterocycles. The van der Waals surface area contributed by atoms with Crippen molar-refractivity contribution in [1.29, 1.82) is 0 Å². The largest absolute Gasteiger partial charge is 0.496 e. The van der Waals surface area contributed by atoms with Crippen LogP contribution in [-0.2, 0) is 16.0 Å². The van der Waals surface area contributed by atoms with Crippen LogP contribution in [0.5, 0.6) is 17.2 Å². The predicted octanol–water partition coefficient (Wildman–Crippen LogP) is 2.18. The topological polar surface area (TPSA) is 74.2 Å². The van der Waals surface area contributed by atoms with Crippen molar-refractivity contribution >= 4 is 5.97 Å². The summed E-state index contributed by atoms with van der Waals surface area (Å²) >= 11 is 0. The van der Waals surface area contributed by atoms with E-state index in [9.17, 15) is 9.90 Å². The zero-order valence-corrected chi connectivity index (χ0v) is 14.5. The van der Waals surface area contributed by atoms with E-state index < -0.39 is 17.5 Å². The number of methoxy groups -OCH3 is 4. The van der Waals surface area contributed by atoms with Crippen LogP contribution in [-0.4, -0.2) is 39.5 Å². The third-order valence-electron chi connectivity index (χ3n) is 4.77. The van der Waals surface area contributed by atoms with Crippen molar-refractivity contribution in [2.75, 3.05) is 28.4 Å². The van der Waals surface area contributed by atoms with Gasteiger partial charge in [-0.25, -0.2) is 0 Å². The van der Waals surface area contributed by atoms with Crippen LogP contribution in [0.1, 0.15) is 36.1 Å². The van der Waals surface area contributed by atoms with Gasteiger partial charge >= 0.3 is 5.97 Å². The number of aliphatic hydroxyl groups is 1. The van der Waals surface area contributed by atoms with Crippen LogP contribution in [0.3, 0.4) is 0 Å². The summed E-state index contributed by atoms with van der Waals surface area (Å²) in [6.45, 7) is 3.54. The molecule has 6 nitrogen and oxygen atoms in total. The van der Waals surface area contributed by atoms with Crippen LogP contribution < -0.4 is 14.2 Å². The first-order valence-electron chi connectivity index (χ1n) is 7.45. The molecule has 128 valence electrons. The average Bonchev–Trinajstić information content (AvgIpc) is 2.56. The first-order valence-corrected chi connectivity index (χ1v) is 7.45. The van der Waals surface area contributed by atoms with Crippen molar-refractivity contribution < 1.29 is 28.8 Å². The van der Waals surface area contributed by atoms with Crippen molar-refractivity contribution in [3.8, 4) is 17.2 Å². The van der Waals surface area contributed by atoms with Crippen LogP contribution in [0.25, 0.3) is 0 Å². The lowest BCUT2D eigenvalue weighted by Crippen LogP contribution is -2.39. The molecule has 1 aromatic rings. The minimum absolute atomic E-state index is 0.440. The maximum atomic E-state index is 12.2. The molecule has 0 bridgehead atoms. The van der Waals surface area contributed by atoms with Gasteiger partial charge in [0.2, 0.25) is 0 Å². The quantitative estimate of drug-likeness (QED) is 0.856. The Balaban J connectivity index is 2.75. The lowest BCUT2D eigenvalue weighted by Gasteiger charge is -2.39. The molecule has 0 saturated carbocycles. The van der Waals surface area contributed by atoms with Crippen LogP contribution >= 0.6 is 0 Å². The monoisotopic (exact) mass is 324 g/mol. The van der Waals surface area contributed by atoms with Gasteiger partial charge in [0.05, 0.1) is 40.0 Å². The number of fused-ring (bicyclic) bond motifs is 1. The Hall–Kier alpha value is -1.95. The first-order chi connectivity index (χ1) is 10.9. The van der Waals surface area contributed by atoms with Crippen LogP contribution in [0.2, 0.25) is 0 Å². The summed E-state index contributed by atoms with van der Waals surface area (Å²) in [5, 5.41) is 10.9. The molecule has 0 aromatic heterocycles. The molecule has 1 N–H and O–H groups in total. The third-order valence-corrected chi connectivity index (χ3v) is 4.77. The number of hydrogen-bond donors (Lipinski definition) is 1. The maximum Gasteiger partial charge on any atom is 0.314 e. The fourth-order valence-electron chi connectivity index (χ4n) is 3.42. The molecule has 1 aliphatic rings. The Morgan fingerprint density at radius 1 is 1.09 bits per heavy atom. The minimum atomic E-state index is -1.05. The highest BCUT2D eigenvalue weighted by molar-refractivity contribution is 5.79. The number of benzene rings is 1. The predicted molar refractivity (Wildman–Crippen MR) is 84.2 cm³/mol. The maximum absolute atomic E-state index is 12.2. The summed E-state index contributed by atoms with van der Waals surface area (Å²) in [7, 11) is 5.98. The highest BCUT2D eigenvalue weighted by atomic mass is 16.5. The standard InChI is InChI=1S/C17H24O6/c1-9-12(20-3)11-10(14(22-5)13(9)21-4)7-8-17(2,15(11)18)16(19)23-6/h15,18H,7-8H2,1-6H3/t15-,17+/m0/s1. The first kappa shape index (κ1) is 17.4. The Bertz CT molecular complexity index is 624. The average molecular weight is 324 g/mol. The van der Waals surface area contributed by atoms with E-state index in [0.29, 0.717) is 35.7 Å². The molecule has 2 atom stereocenters. The van der Waals surface area contributed by atoms with Crippen molar-refractivity contribution in [2.45, 2.75) is 32.8 Å². The number of esters is 1. The molecular formula is C17H24O6. The number of carbonyl (C=O) groups excluding carboxylic acids is 1. The minimum Gasteiger partial charge on any atom is -0.496 e. The molecule has 1 aliphatic carbocycles. The molecule has 1 aromatic carbocycles. The molecule has 0 spiro atoms. The number of rotatable bonds is 4. The van der Waals surface area contributed by atoms with Crippen LogP contribution in [0.15, 0.2) is 0 Å². The highest BCUT2D eigenvalue weighted by Gasteiger charge is 2.48. The number of ether oxygens (including phenoxy) is 4. The van der Waals surface area contributed by atoms with E-state index in [-0.39, 0.29) is 0 Å². The molecule has 0 heterocycles. The molecule has 0 amide bonds. The van der Waals surface area contributed by atoms with E-state index in [0.717, 1.165) is 11.1 Å². The molecule has 0 unspecified atom stereocenters. The van der Waals surface area contributed by atoms with Gasteiger partial charge in [0, 0.05) is 16.7 Å². The Morgan fingerprint density at radius 3 is 2.13 bits per heavy atom. The molecule has 2 rings (SSSR count). The van der Waals surface area contributed by atoms with Crippen molar-refractivity contribution in [1.82, 2.24) is 0 Å². The van der Waals surface area contributed by atoms with E-state index >= 15 is 0 Å². The number of hydrogen-bond acceptors (Lipinski definition) is 6. The summed E-state index contributed by atoms with van der Waals surface area (Å²) in [5.41, 5.74) is 1.07. The third kappa shape index (κ3) is 2.41. The van der Waals surface area contributed by atoms with E-state index in [4.69, 9.17) is 18.9 Å².